The van der Waals surface area contributed by atoms with E-state index in [0.717, 1.165) is 57.8 Å². The van der Waals surface area contributed by atoms with Gasteiger partial charge in [0.1, 0.15) is 5.60 Å². The van der Waals surface area contributed by atoms with Gasteiger partial charge in [-0.05, 0) is 74.5 Å². The third kappa shape index (κ3) is 2.58. The molecule has 4 aliphatic carbocycles. The van der Waals surface area contributed by atoms with Crippen LogP contribution in [0, 0.1) is 40.4 Å². The van der Waals surface area contributed by atoms with Gasteiger partial charge < -0.3 is 24.8 Å². The van der Waals surface area contributed by atoms with Gasteiger partial charge in [-0.2, -0.15) is 0 Å². The number of aliphatic hydroxyl groups excluding tert-OH is 2. The third-order valence-corrected chi connectivity index (χ3v) is 11.7. The monoisotopic (exact) mass is 446 g/mol. The standard InChI is InChI=1S/C27H42O5/c1-16-26(11-6-17(14-28)15-31-26)32-23-13-22-20-5-4-18-12-19(29)7-9-24(18,2)21(20)8-10-25(22,3)27(16,23)30/h4,16-17,19-23,28-30H,5-15H2,1-3H3/t16-,17?,19+,20-,21+,22+,23+,24+,25+,26-,27-/m1/s1. The predicted molar refractivity (Wildman–Crippen MR) is 121 cm³/mol. The second-order valence-electron chi connectivity index (χ2n) is 12.7. The summed E-state index contributed by atoms with van der Waals surface area (Å²) in [5.41, 5.74) is 0.691. The van der Waals surface area contributed by atoms with E-state index in [4.69, 9.17) is 9.47 Å². The van der Waals surface area contributed by atoms with Crippen LogP contribution in [-0.2, 0) is 9.47 Å². The molecule has 0 aromatic rings. The van der Waals surface area contributed by atoms with E-state index in [0.29, 0.717) is 24.4 Å². The lowest BCUT2D eigenvalue weighted by Crippen LogP contribution is -2.59. The molecule has 1 spiro atoms. The van der Waals surface area contributed by atoms with E-state index >= 15 is 0 Å². The van der Waals surface area contributed by atoms with Crippen molar-refractivity contribution < 1.29 is 24.8 Å². The Hall–Kier alpha value is -0.460. The summed E-state index contributed by atoms with van der Waals surface area (Å²) < 4.78 is 13.0. The minimum absolute atomic E-state index is 0.0682. The summed E-state index contributed by atoms with van der Waals surface area (Å²) in [7, 11) is 0. The molecule has 0 bridgehead atoms. The molecule has 3 N–H and O–H groups in total. The van der Waals surface area contributed by atoms with Gasteiger partial charge in [0.25, 0.3) is 0 Å². The molecule has 6 rings (SSSR count). The molecular formula is C27H42O5. The fourth-order valence-corrected chi connectivity index (χ4v) is 9.66. The SMILES string of the molecule is C[C@@H]1[C@@]2(CCC(CO)CO2)O[C@H]2C[C@H]3[C@@H]4CC=C5C[C@@H](O)CC[C@]5(C)[C@H]4CC[C@]3(C)[C@]21O. The fourth-order valence-electron chi connectivity index (χ4n) is 9.66. The Morgan fingerprint density at radius 2 is 1.91 bits per heavy atom. The van der Waals surface area contributed by atoms with Crippen molar-refractivity contribution in [1.29, 1.82) is 0 Å². The Kier molecular flexibility index (Phi) is 4.84. The molecule has 2 heterocycles. The molecule has 5 heteroatoms. The van der Waals surface area contributed by atoms with Crippen molar-refractivity contribution >= 4 is 0 Å². The van der Waals surface area contributed by atoms with Crippen LogP contribution in [-0.4, -0.2) is 52.1 Å². The van der Waals surface area contributed by atoms with Gasteiger partial charge in [-0.1, -0.05) is 32.4 Å². The summed E-state index contributed by atoms with van der Waals surface area (Å²) in [4.78, 5) is 0. The lowest BCUT2D eigenvalue weighted by Gasteiger charge is -2.59. The van der Waals surface area contributed by atoms with Crippen LogP contribution in [0.4, 0.5) is 0 Å². The van der Waals surface area contributed by atoms with Crippen molar-refractivity contribution in [3.63, 3.8) is 0 Å². The van der Waals surface area contributed by atoms with E-state index in [1.165, 1.54) is 5.57 Å². The minimum atomic E-state index is -0.859. The molecule has 5 fully saturated rings. The zero-order valence-corrected chi connectivity index (χ0v) is 20.1. The Morgan fingerprint density at radius 1 is 1.09 bits per heavy atom. The van der Waals surface area contributed by atoms with Gasteiger partial charge in [0.05, 0.1) is 18.8 Å². The Bertz CT molecular complexity index is 802. The third-order valence-electron chi connectivity index (χ3n) is 11.7. The van der Waals surface area contributed by atoms with E-state index in [9.17, 15) is 15.3 Å². The van der Waals surface area contributed by atoms with Gasteiger partial charge in [-0.25, -0.2) is 0 Å². The number of hydrogen-bond donors (Lipinski definition) is 3. The van der Waals surface area contributed by atoms with E-state index in [-0.39, 0.29) is 41.5 Å². The van der Waals surface area contributed by atoms with Crippen molar-refractivity contribution in [2.75, 3.05) is 13.2 Å². The quantitative estimate of drug-likeness (QED) is 0.534. The zero-order valence-electron chi connectivity index (χ0n) is 20.1. The Balaban J connectivity index is 1.30. The topological polar surface area (TPSA) is 79.2 Å². The molecular weight excluding hydrogens is 404 g/mol. The molecule has 2 saturated heterocycles. The average molecular weight is 447 g/mol. The normalized spacial score (nSPS) is 59.2. The molecule has 0 amide bonds. The summed E-state index contributed by atoms with van der Waals surface area (Å²) >= 11 is 0. The predicted octanol–water partition coefficient (Wildman–Crippen LogP) is 3.80. The first kappa shape index (κ1) is 22.0. The van der Waals surface area contributed by atoms with Gasteiger partial charge in [-0.3, -0.25) is 0 Å². The molecule has 5 nitrogen and oxygen atoms in total. The number of hydrogen-bond acceptors (Lipinski definition) is 5. The van der Waals surface area contributed by atoms with Crippen molar-refractivity contribution in [3.05, 3.63) is 11.6 Å². The van der Waals surface area contributed by atoms with Crippen LogP contribution in [0.2, 0.25) is 0 Å². The van der Waals surface area contributed by atoms with Crippen LogP contribution < -0.4 is 0 Å². The number of allylic oxidation sites excluding steroid dienone is 1. The fraction of sp³-hybridized carbons (Fsp3) is 0.926. The second kappa shape index (κ2) is 7.04. The van der Waals surface area contributed by atoms with Crippen molar-refractivity contribution in [1.82, 2.24) is 0 Å². The van der Waals surface area contributed by atoms with Crippen molar-refractivity contribution in [2.45, 2.75) is 102 Å². The van der Waals surface area contributed by atoms with Crippen LogP contribution in [0.25, 0.3) is 0 Å². The molecule has 0 radical (unpaired) electrons. The summed E-state index contributed by atoms with van der Waals surface area (Å²) in [5.74, 6) is 1.12. The zero-order chi connectivity index (χ0) is 22.5. The van der Waals surface area contributed by atoms with Gasteiger partial charge in [-0.15, -0.1) is 0 Å². The summed E-state index contributed by atoms with van der Waals surface area (Å²) in [6.07, 6.45) is 10.8. The van der Waals surface area contributed by atoms with Crippen molar-refractivity contribution in [2.24, 2.45) is 40.4 Å². The Labute approximate surface area is 192 Å². The maximum Gasteiger partial charge on any atom is 0.174 e. The minimum Gasteiger partial charge on any atom is -0.396 e. The summed E-state index contributed by atoms with van der Waals surface area (Å²) in [5, 5.41) is 32.2. The molecule has 1 unspecified atom stereocenters. The van der Waals surface area contributed by atoms with Crippen molar-refractivity contribution in [3.8, 4) is 0 Å². The summed E-state index contributed by atoms with van der Waals surface area (Å²) in [6, 6.07) is 0. The molecule has 0 aromatic heterocycles. The van der Waals surface area contributed by atoms with Crippen LogP contribution in [0.5, 0.6) is 0 Å². The molecule has 3 saturated carbocycles. The molecule has 11 atom stereocenters. The molecule has 6 aliphatic rings. The lowest BCUT2D eigenvalue weighted by atomic mass is 9.46. The largest absolute Gasteiger partial charge is 0.396 e. The van der Waals surface area contributed by atoms with Gasteiger partial charge in [0.15, 0.2) is 5.79 Å². The van der Waals surface area contributed by atoms with Crippen LogP contribution >= 0.6 is 0 Å². The highest BCUT2D eigenvalue weighted by atomic mass is 16.7. The molecule has 32 heavy (non-hydrogen) atoms. The molecule has 0 aromatic carbocycles. The van der Waals surface area contributed by atoms with E-state index < -0.39 is 11.4 Å². The maximum absolute atomic E-state index is 12.4. The van der Waals surface area contributed by atoms with Gasteiger partial charge in [0, 0.05) is 30.3 Å². The summed E-state index contributed by atoms with van der Waals surface area (Å²) in [6.45, 7) is 7.63. The van der Waals surface area contributed by atoms with Crippen LogP contribution in [0.1, 0.15) is 78.6 Å². The van der Waals surface area contributed by atoms with Crippen LogP contribution in [0.3, 0.4) is 0 Å². The van der Waals surface area contributed by atoms with E-state index in [1.54, 1.807) is 0 Å². The maximum atomic E-state index is 12.4. The lowest BCUT2D eigenvalue weighted by molar-refractivity contribution is -0.277. The highest BCUT2D eigenvalue weighted by Gasteiger charge is 2.76. The second-order valence-corrected chi connectivity index (χ2v) is 12.7. The van der Waals surface area contributed by atoms with Gasteiger partial charge >= 0.3 is 0 Å². The number of fused-ring (bicyclic) bond motifs is 7. The smallest absolute Gasteiger partial charge is 0.174 e. The Morgan fingerprint density at radius 3 is 2.62 bits per heavy atom. The molecule has 2 aliphatic heterocycles. The first-order valence-electron chi connectivity index (χ1n) is 13.2. The number of ether oxygens (including phenoxy) is 2. The average Bonchev–Trinajstić information content (AvgIpc) is 3.13. The van der Waals surface area contributed by atoms with E-state index in [1.807, 2.05) is 0 Å². The van der Waals surface area contributed by atoms with E-state index in [2.05, 4.69) is 26.8 Å². The highest BCUT2D eigenvalue weighted by Crippen LogP contribution is 2.72. The first-order valence-corrected chi connectivity index (χ1v) is 13.2. The van der Waals surface area contributed by atoms with Crippen LogP contribution in [0.15, 0.2) is 11.6 Å². The number of aliphatic hydroxyl groups is 3. The molecule has 180 valence electrons. The number of rotatable bonds is 1. The first-order chi connectivity index (χ1) is 15.2. The highest BCUT2D eigenvalue weighted by molar-refractivity contribution is 5.28. The van der Waals surface area contributed by atoms with Gasteiger partial charge in [0.2, 0.25) is 0 Å².